The van der Waals surface area contributed by atoms with Crippen LogP contribution in [0.5, 0.6) is 0 Å². The predicted octanol–water partition coefficient (Wildman–Crippen LogP) is 2.18. The number of unbranched alkanes of at least 4 members (excludes halogenated alkanes) is 5. The molecule has 0 saturated heterocycles. The van der Waals surface area contributed by atoms with E-state index in [-0.39, 0.29) is 17.4 Å². The molecule has 0 unspecified atom stereocenters. The van der Waals surface area contributed by atoms with Crippen LogP contribution in [-0.2, 0) is 0 Å². The Morgan fingerprint density at radius 2 is 1.00 bits per heavy atom. The molecule has 0 fully saturated rings. The van der Waals surface area contributed by atoms with Crippen LogP contribution < -0.4 is 0 Å². The quantitative estimate of drug-likeness (QED) is 0.410. The Morgan fingerprint density at radius 1 is 0.667 bits per heavy atom. The Hall–Kier alpha value is 0.532. The molecule has 0 saturated carbocycles. The van der Waals surface area contributed by atoms with Crippen molar-refractivity contribution in [3.8, 4) is 0 Å². The second-order valence-corrected chi connectivity index (χ2v) is 2.41. The molecule has 0 amide bonds. The first-order valence-corrected chi connectivity index (χ1v) is 3.91. The summed E-state index contributed by atoms with van der Waals surface area (Å²) in [6.07, 6.45) is 8.49. The lowest BCUT2D eigenvalue weighted by molar-refractivity contribution is 0.624. The largest absolute Gasteiger partial charge is 0.187 e. The van der Waals surface area contributed by atoms with Gasteiger partial charge in [-0.05, 0) is 0 Å². The molecule has 0 nitrogen and oxygen atoms in total. The molecule has 1 heteroatoms. The summed E-state index contributed by atoms with van der Waals surface area (Å²) in [5.41, 5.74) is 0. The summed E-state index contributed by atoms with van der Waals surface area (Å²) in [6, 6.07) is 0. The van der Waals surface area contributed by atoms with Gasteiger partial charge in [0, 0.05) is 0 Å². The molecule has 0 radical (unpaired) electrons. The molecule has 0 spiro atoms. The van der Waals surface area contributed by atoms with E-state index >= 15 is 0 Å². The normalized spacial score (nSPS) is 8.67. The van der Waals surface area contributed by atoms with Gasteiger partial charge in [-0.3, -0.25) is 0 Å². The van der Waals surface area contributed by atoms with Crippen molar-refractivity contribution in [2.45, 2.75) is 52.4 Å². The second kappa shape index (κ2) is 11.3. The first-order valence-electron chi connectivity index (χ1n) is 3.91. The zero-order valence-corrected chi connectivity index (χ0v) is 6.24. The van der Waals surface area contributed by atoms with E-state index in [0.29, 0.717) is 0 Å². The van der Waals surface area contributed by atoms with E-state index in [1.54, 1.807) is 0 Å². The molecule has 0 aliphatic carbocycles. The van der Waals surface area contributed by atoms with Crippen LogP contribution >= 0.6 is 0 Å². The van der Waals surface area contributed by atoms with Crippen LogP contribution in [0.1, 0.15) is 52.4 Å². The van der Waals surface area contributed by atoms with Gasteiger partial charge in [-0.15, -0.1) is 0 Å². The summed E-state index contributed by atoms with van der Waals surface area (Å²) in [5.74, 6) is 0. The number of hydrogen-bond donors (Lipinski definition) is 0. The average molecular weight is 144 g/mol. The van der Waals surface area contributed by atoms with Crippen molar-refractivity contribution < 1.29 is 0 Å². The Labute approximate surface area is 70.2 Å². The molecular formula is C8H21Al. The lowest BCUT2D eigenvalue weighted by Gasteiger charge is -1.93. The van der Waals surface area contributed by atoms with Gasteiger partial charge in [0.25, 0.3) is 0 Å². The van der Waals surface area contributed by atoms with Gasteiger partial charge in [0.15, 0.2) is 17.4 Å². The first kappa shape index (κ1) is 12.2. The third kappa shape index (κ3) is 11.9. The zero-order chi connectivity index (χ0) is 6.24. The molecule has 0 aromatic carbocycles. The number of hydrogen-bond acceptors (Lipinski definition) is 0. The van der Waals surface area contributed by atoms with Crippen molar-refractivity contribution in [1.82, 2.24) is 0 Å². The second-order valence-electron chi connectivity index (χ2n) is 2.41. The summed E-state index contributed by atoms with van der Waals surface area (Å²) in [6.45, 7) is 4.51. The van der Waals surface area contributed by atoms with E-state index < -0.39 is 0 Å². The molecule has 0 atom stereocenters. The number of rotatable bonds is 5. The summed E-state index contributed by atoms with van der Waals surface area (Å²) in [4.78, 5) is 0. The van der Waals surface area contributed by atoms with E-state index in [0.717, 1.165) is 0 Å². The van der Waals surface area contributed by atoms with Crippen molar-refractivity contribution in [3.05, 3.63) is 0 Å². The topological polar surface area (TPSA) is 0 Å². The lowest BCUT2D eigenvalue weighted by Crippen LogP contribution is -1.73. The zero-order valence-electron chi connectivity index (χ0n) is 6.24. The minimum Gasteiger partial charge on any atom is -0.0654 e. The fourth-order valence-electron chi connectivity index (χ4n) is 0.854. The molecule has 0 N–H and O–H groups in total. The molecule has 0 aliphatic rings. The van der Waals surface area contributed by atoms with Crippen molar-refractivity contribution in [2.75, 3.05) is 0 Å². The third-order valence-electron chi connectivity index (χ3n) is 1.46. The smallest absolute Gasteiger partial charge is 0.0654 e. The Balaban J connectivity index is 0. The van der Waals surface area contributed by atoms with Gasteiger partial charge >= 0.3 is 0 Å². The maximum absolute atomic E-state index is 2.26. The summed E-state index contributed by atoms with van der Waals surface area (Å²) in [7, 11) is 0. The molecular weight excluding hydrogens is 123 g/mol. The monoisotopic (exact) mass is 144 g/mol. The van der Waals surface area contributed by atoms with Gasteiger partial charge in [0.1, 0.15) is 0 Å². The van der Waals surface area contributed by atoms with Crippen LogP contribution in [0.2, 0.25) is 0 Å². The Morgan fingerprint density at radius 3 is 1.22 bits per heavy atom. The highest BCUT2D eigenvalue weighted by Gasteiger charge is 1.83. The van der Waals surface area contributed by atoms with Crippen molar-refractivity contribution >= 4 is 17.4 Å². The maximum Gasteiger partial charge on any atom is 0.187 e. The minimum absolute atomic E-state index is 0. The SMILES string of the molecule is CCCCCCCC.[AlH3]. The van der Waals surface area contributed by atoms with Crippen LogP contribution in [-0.4, -0.2) is 17.4 Å². The predicted molar refractivity (Wildman–Crippen MR) is 49.0 cm³/mol. The van der Waals surface area contributed by atoms with Gasteiger partial charge in [0.05, 0.1) is 0 Å². The highest BCUT2D eigenvalue weighted by Crippen LogP contribution is 2.03. The third-order valence-corrected chi connectivity index (χ3v) is 1.46. The van der Waals surface area contributed by atoms with Crippen LogP contribution in [0, 0.1) is 0 Å². The van der Waals surface area contributed by atoms with Gasteiger partial charge in [0.2, 0.25) is 0 Å². The molecule has 9 heavy (non-hydrogen) atoms. The van der Waals surface area contributed by atoms with Crippen LogP contribution in [0.3, 0.4) is 0 Å². The van der Waals surface area contributed by atoms with Gasteiger partial charge in [-0.2, -0.15) is 0 Å². The Bertz CT molecular complexity index is 29.5. The fraction of sp³-hybridized carbons (Fsp3) is 1.00. The lowest BCUT2D eigenvalue weighted by atomic mass is 10.1. The highest BCUT2D eigenvalue weighted by molar-refractivity contribution is 5.75. The van der Waals surface area contributed by atoms with E-state index in [1.807, 2.05) is 0 Å². The molecule has 0 heterocycles. The molecule has 56 valence electrons. The van der Waals surface area contributed by atoms with Crippen LogP contribution in [0.15, 0.2) is 0 Å². The standard InChI is InChI=1S/C8H18.Al.3H/c1-3-5-7-8-6-4-2;;;;/h3-8H2,1-2H3;;;;. The Kier molecular flexibility index (Phi) is 15.4. The highest BCUT2D eigenvalue weighted by atomic mass is 27.0. The van der Waals surface area contributed by atoms with E-state index in [2.05, 4.69) is 13.8 Å². The molecule has 0 rings (SSSR count). The fourth-order valence-corrected chi connectivity index (χ4v) is 0.854. The van der Waals surface area contributed by atoms with E-state index in [4.69, 9.17) is 0 Å². The van der Waals surface area contributed by atoms with Gasteiger partial charge < -0.3 is 0 Å². The van der Waals surface area contributed by atoms with Crippen molar-refractivity contribution in [2.24, 2.45) is 0 Å². The summed E-state index contributed by atoms with van der Waals surface area (Å²) >= 11 is 0. The van der Waals surface area contributed by atoms with Crippen LogP contribution in [0.4, 0.5) is 0 Å². The molecule has 0 bridgehead atoms. The maximum atomic E-state index is 2.26. The first-order chi connectivity index (χ1) is 3.91. The van der Waals surface area contributed by atoms with E-state index in [1.165, 1.54) is 38.5 Å². The summed E-state index contributed by atoms with van der Waals surface area (Å²) < 4.78 is 0. The molecule has 0 aromatic heterocycles. The summed E-state index contributed by atoms with van der Waals surface area (Å²) in [5, 5.41) is 0. The van der Waals surface area contributed by atoms with Gasteiger partial charge in [-0.1, -0.05) is 52.4 Å². The minimum atomic E-state index is 0. The average Bonchev–Trinajstić information content (AvgIpc) is 1.81. The van der Waals surface area contributed by atoms with Crippen LogP contribution in [0.25, 0.3) is 0 Å². The molecule has 0 aliphatic heterocycles. The van der Waals surface area contributed by atoms with Gasteiger partial charge in [-0.25, -0.2) is 0 Å². The van der Waals surface area contributed by atoms with Crippen molar-refractivity contribution in [3.63, 3.8) is 0 Å². The van der Waals surface area contributed by atoms with E-state index in [9.17, 15) is 0 Å². The molecule has 0 aromatic rings. The van der Waals surface area contributed by atoms with Crippen molar-refractivity contribution in [1.29, 1.82) is 0 Å².